The maximum absolute atomic E-state index is 13.6. The van der Waals surface area contributed by atoms with Crippen LogP contribution in [0.2, 0.25) is 0 Å². The summed E-state index contributed by atoms with van der Waals surface area (Å²) in [4.78, 5) is 106. The van der Waals surface area contributed by atoms with Gasteiger partial charge in [-0.15, -0.1) is 0 Å². The number of hydrogen-bond donors (Lipinski definition) is 11. The van der Waals surface area contributed by atoms with Crippen LogP contribution in [0, 0.1) is 23.7 Å². The number of carbonyl (C=O) groups is 9. The van der Waals surface area contributed by atoms with Crippen molar-refractivity contribution in [2.24, 2.45) is 23.7 Å². The summed E-state index contributed by atoms with van der Waals surface area (Å²) in [5.74, 6) is 3.21. The molecule has 15 N–H and O–H groups in total. The second-order valence-electron chi connectivity index (χ2n) is 31.8. The second-order valence-corrected chi connectivity index (χ2v) is 33.8. The van der Waals surface area contributed by atoms with E-state index < -0.39 is 29.5 Å². The molecule has 123 heavy (non-hydrogen) atoms. The summed E-state index contributed by atoms with van der Waals surface area (Å²) in [5, 5.41) is 39.2. The molecule has 9 aromatic carbocycles. The number of aliphatic hydroxyl groups excluding tert-OH is 3. The third-order valence-corrected chi connectivity index (χ3v) is 21.7. The van der Waals surface area contributed by atoms with Gasteiger partial charge in [0, 0.05) is 154 Å². The lowest BCUT2D eigenvalue weighted by Gasteiger charge is -2.37. The lowest BCUT2D eigenvalue weighted by Crippen LogP contribution is -2.42. The van der Waals surface area contributed by atoms with Crippen LogP contribution >= 0.6 is 23.5 Å². The highest BCUT2D eigenvalue weighted by molar-refractivity contribution is 7.98. The van der Waals surface area contributed by atoms with Crippen LogP contribution in [0.1, 0.15) is 193 Å². The van der Waals surface area contributed by atoms with Gasteiger partial charge in [-0.05, 0) is 178 Å². The molecule has 1 spiro atoms. The van der Waals surface area contributed by atoms with Crippen molar-refractivity contribution in [1.82, 2.24) is 10.6 Å². The van der Waals surface area contributed by atoms with Crippen LogP contribution in [0.5, 0.6) is 34.5 Å². The number of ether oxygens (including phenoxy) is 4. The number of nitrogen functional groups attached to an aromatic ring is 4. The molecule has 4 aliphatic heterocycles. The number of benzene rings is 9. The Hall–Kier alpha value is -11.7. The maximum atomic E-state index is 13.6. The molecule has 652 valence electrons. The van der Waals surface area contributed by atoms with E-state index in [9.17, 15) is 53.4 Å². The van der Waals surface area contributed by atoms with Crippen molar-refractivity contribution in [3.05, 3.63) is 249 Å². The number of hydrogen-bond acceptors (Lipinski definition) is 22. The predicted molar refractivity (Wildman–Crippen MR) is 488 cm³/mol. The number of rotatable bonds is 27. The average molecular weight is 1710 g/mol. The molecule has 24 nitrogen and oxygen atoms in total. The smallest absolute Gasteiger partial charge is 0.227 e. The largest absolute Gasteiger partial charge is 0.457 e. The van der Waals surface area contributed by atoms with Crippen LogP contribution < -0.4 is 58.4 Å². The lowest BCUT2D eigenvalue weighted by molar-refractivity contribution is -0.130. The number of aliphatic hydroxyl groups is 3. The molecule has 0 saturated carbocycles. The number of carbonyl (C=O) groups excluding carboxylic acids is 9. The summed E-state index contributed by atoms with van der Waals surface area (Å²) in [5.41, 5.74) is 38.3. The summed E-state index contributed by atoms with van der Waals surface area (Å²) < 4.78 is 25.3. The Morgan fingerprint density at radius 3 is 1.15 bits per heavy atom. The molecule has 26 heteroatoms. The third kappa shape index (κ3) is 26.4. The Morgan fingerprint density at radius 2 is 0.764 bits per heavy atom. The molecule has 0 aromatic heterocycles. The van der Waals surface area contributed by atoms with Gasteiger partial charge < -0.3 is 88.1 Å². The number of anilines is 6. The van der Waals surface area contributed by atoms with Crippen LogP contribution in [0.4, 0.5) is 34.1 Å². The number of fused-ring (bicyclic) bond motifs is 10. The highest BCUT2D eigenvalue weighted by Gasteiger charge is 2.50. The van der Waals surface area contributed by atoms with Gasteiger partial charge in [-0.25, -0.2) is 0 Å². The van der Waals surface area contributed by atoms with Crippen molar-refractivity contribution in [2.45, 2.75) is 164 Å². The number of thioether (sulfide) groups is 2. The van der Waals surface area contributed by atoms with Crippen LogP contribution in [0.15, 0.2) is 182 Å². The van der Waals surface area contributed by atoms with E-state index in [0.717, 1.165) is 89.8 Å². The Labute approximate surface area is 729 Å². The van der Waals surface area contributed by atoms with Crippen molar-refractivity contribution in [3.8, 4) is 34.5 Å². The van der Waals surface area contributed by atoms with Crippen LogP contribution in [0.25, 0.3) is 0 Å². The van der Waals surface area contributed by atoms with Gasteiger partial charge in [0.2, 0.25) is 23.6 Å². The summed E-state index contributed by atoms with van der Waals surface area (Å²) in [6.45, 7) is 18.3. The molecule has 0 saturated heterocycles. The predicted octanol–water partition coefficient (Wildman–Crippen LogP) is 16.3. The summed E-state index contributed by atoms with van der Waals surface area (Å²) in [6.07, 6.45) is 6.13. The zero-order chi connectivity index (χ0) is 89.9. The first-order chi connectivity index (χ1) is 58.6. The Balaban J connectivity index is 0.000000219. The number of ketones is 5. The monoisotopic (exact) mass is 1710 g/mol. The molecule has 4 heterocycles. The van der Waals surface area contributed by atoms with Gasteiger partial charge in [0.15, 0.2) is 23.0 Å². The van der Waals surface area contributed by atoms with Crippen molar-refractivity contribution in [3.63, 3.8) is 0 Å². The van der Waals surface area contributed by atoms with Crippen molar-refractivity contribution >= 4 is 110 Å². The first kappa shape index (κ1) is 96.8. The van der Waals surface area contributed by atoms with E-state index in [1.54, 1.807) is 47.8 Å². The minimum absolute atomic E-state index is 0.0118. The molecule has 4 amide bonds. The van der Waals surface area contributed by atoms with Crippen LogP contribution in [0.3, 0.4) is 0 Å². The fraction of sp³-hybridized carbons (Fsp3) is 0.351. The average Bonchev–Trinajstić information content (AvgIpc) is 1.60. The summed E-state index contributed by atoms with van der Waals surface area (Å²) >= 11 is 3.24. The van der Waals surface area contributed by atoms with E-state index in [1.807, 2.05) is 186 Å². The molecule has 2 unspecified atom stereocenters. The fourth-order valence-corrected chi connectivity index (χ4v) is 16.0. The van der Waals surface area contributed by atoms with Gasteiger partial charge in [-0.3, -0.25) is 33.6 Å². The number of amides is 4. The van der Waals surface area contributed by atoms with E-state index in [-0.39, 0.29) is 109 Å². The quantitative estimate of drug-likeness (QED) is 0.0213. The topological polar surface area (TPSA) is 403 Å². The molecule has 13 rings (SSSR count). The number of nitrogens with two attached hydrogens (primary N) is 4. The molecule has 0 bridgehead atoms. The highest BCUT2D eigenvalue weighted by atomic mass is 32.2. The Morgan fingerprint density at radius 1 is 0.431 bits per heavy atom. The zero-order valence-corrected chi connectivity index (χ0v) is 73.8. The van der Waals surface area contributed by atoms with Gasteiger partial charge in [0.05, 0.1) is 31.9 Å². The maximum Gasteiger partial charge on any atom is 0.227 e. The molecule has 6 atom stereocenters. The lowest BCUT2D eigenvalue weighted by atomic mass is 9.77. The minimum Gasteiger partial charge on any atom is -0.457 e. The Kier molecular flexibility index (Phi) is 36.2. The van der Waals surface area contributed by atoms with Crippen molar-refractivity contribution in [1.29, 1.82) is 0 Å². The van der Waals surface area contributed by atoms with Crippen molar-refractivity contribution < 1.29 is 77.4 Å². The van der Waals surface area contributed by atoms with Crippen LogP contribution in [-0.4, -0.2) is 111 Å². The summed E-state index contributed by atoms with van der Waals surface area (Å²) in [6, 6.07) is 56.3. The highest BCUT2D eigenvalue weighted by Crippen LogP contribution is 2.57. The van der Waals surface area contributed by atoms with Gasteiger partial charge in [-0.2, -0.15) is 23.5 Å². The number of Topliss-reactive ketones (excluding diaryl/α,β-unsaturated/α-hetero) is 5. The molecule has 4 aliphatic rings. The van der Waals surface area contributed by atoms with Gasteiger partial charge in [-0.1, -0.05) is 125 Å². The van der Waals surface area contributed by atoms with E-state index in [2.05, 4.69) is 33.4 Å². The van der Waals surface area contributed by atoms with E-state index in [1.165, 1.54) is 48.5 Å². The van der Waals surface area contributed by atoms with Gasteiger partial charge in [0.1, 0.15) is 52.7 Å². The third-order valence-electron chi connectivity index (χ3n) is 20.4. The zero-order valence-electron chi connectivity index (χ0n) is 72.2. The van der Waals surface area contributed by atoms with Gasteiger partial charge >= 0.3 is 0 Å². The molecular weight excluding hydrogens is 1600 g/mol. The SMILES string of the molecule is CC(=O)CO.CC(C)=O.CC(C)=O.CSCC[C@H](CC(=O)[C@H](CC(C)C)NC(C)=O)C(=O)Nc1ccc2c(c1)Oc1cc(N)ccc1C21OCc2ccccc21.CSCC[C@H](CC(=O)[C@H](CC(C)C)NC(C)=O)C(=O)Nc1ccc2c(c1)Oc1cc(N)ccc1C2c1ccccc1CO.Nc1ccc2c(c1)Oc1cc(N)ccc1C2c1ccccc1CO. The molecule has 9 aromatic rings. The van der Waals surface area contributed by atoms with Crippen molar-refractivity contribution in [2.75, 3.05) is 64.2 Å². The van der Waals surface area contributed by atoms with Gasteiger partial charge in [0.25, 0.3) is 0 Å². The standard InChI is InChI=1S/C34H39N3O5S.C34H41N3O5S.C20H18N2O2.C3H6O2.2C3H6O/c1-20(2)15-29(36-21(3)38)30(39)16-22(13-14-43-4)33(40)37-25-10-12-28-32(18-25)42-31-17-24(35)9-11-27(31)34(28)26-8-6-5-7-23(26)19-41-34;1-20(2)15-29(36-21(3)39)30(40)16-22(13-14-43-4)34(41)37-25-10-12-28-32(18-25)42-31-17-24(35)9-11-27(31)33(28)26-8-6-5-7-23(26)19-38;21-13-5-7-16-18(9-13)24-19-10-14(22)6-8-17(19)20(16)15-4-2-1-3-12(15)11-23;1-3(5)2-4;2*1-3(2)4/h5-12,17-18,20,22,29H,13-16,19,35H2,1-4H3,(H,36,38)(H,37,40);5-12,17-18,20,22,29,33,38H,13-16,19,35H2,1-4H3,(H,36,39)(H,37,41);1-10,20,23H,11,21-22H2;4H,2H2,1H3;2*1-2H3/t22-,29+,34?;22-,29+,33?;;;;/m11..../s1. The molecule has 0 radical (unpaired) electrons. The van der Waals surface area contributed by atoms with Crippen LogP contribution in [-0.2, 0) is 73.3 Å². The Bertz CT molecular complexity index is 5170. The number of nitrogens with one attached hydrogen (secondary N) is 4. The second kappa shape index (κ2) is 46.0. The molecular formula is C97H116N8O16S2. The van der Waals surface area contributed by atoms with E-state index >= 15 is 0 Å². The molecule has 0 aliphatic carbocycles. The first-order valence-corrected chi connectivity index (χ1v) is 43.7. The van der Waals surface area contributed by atoms with E-state index in [4.69, 9.17) is 47.0 Å². The minimum atomic E-state index is -0.863. The fourth-order valence-electron chi connectivity index (χ4n) is 15.0. The van der Waals surface area contributed by atoms with E-state index in [0.29, 0.717) is 89.4 Å². The first-order valence-electron chi connectivity index (χ1n) is 40.9. The normalized spacial score (nSPS) is 14.8. The summed E-state index contributed by atoms with van der Waals surface area (Å²) in [7, 11) is 0. The molecule has 0 fully saturated rings.